The second kappa shape index (κ2) is 38.4. The van der Waals surface area contributed by atoms with E-state index in [1.165, 1.54) is 14.0 Å². The molecule has 0 bridgehead atoms. The zero-order valence-corrected chi connectivity index (χ0v) is 10.2. The van der Waals surface area contributed by atoms with Crippen LogP contribution < -0.4 is 0 Å². The average Bonchev–Trinajstić information content (AvgIpc) is 2.20. The van der Waals surface area contributed by atoms with Crippen molar-refractivity contribution in [3.8, 4) is 0 Å². The Hall–Kier alpha value is -1.13. The lowest BCUT2D eigenvalue weighted by Gasteiger charge is -1.80. The lowest BCUT2D eigenvalue weighted by molar-refractivity contribution is -0.137. The highest BCUT2D eigenvalue weighted by Crippen LogP contribution is 1.60. The van der Waals surface area contributed by atoms with Gasteiger partial charge in [-0.1, -0.05) is 12.2 Å². The topological polar surface area (TPSA) is 66.8 Å². The first-order valence-electron chi connectivity index (χ1n) is 4.42. The van der Waals surface area contributed by atoms with Crippen LogP contribution in [0.3, 0.4) is 0 Å². The molecule has 0 aliphatic heterocycles. The molecule has 0 atom stereocenters. The molecule has 0 aromatic rings. The van der Waals surface area contributed by atoms with E-state index in [0.29, 0.717) is 0 Å². The third kappa shape index (κ3) is 435. The van der Waals surface area contributed by atoms with Gasteiger partial charge in [-0.15, -0.1) is 13.2 Å². The number of carbonyl (C=O) groups excluding carboxylic acids is 1. The SMILES string of the molecule is C=CC.C=CC.COC(C)=O.OCCO. The molecule has 0 heterocycles. The first-order valence-corrected chi connectivity index (χ1v) is 4.42. The predicted octanol–water partition coefficient (Wildman–Crippen LogP) is 1.53. The molecule has 0 rings (SSSR count). The van der Waals surface area contributed by atoms with Gasteiger partial charge in [0.25, 0.3) is 0 Å². The molecule has 0 spiro atoms. The van der Waals surface area contributed by atoms with E-state index in [2.05, 4.69) is 17.9 Å². The van der Waals surface area contributed by atoms with Gasteiger partial charge in [0.05, 0.1) is 20.3 Å². The van der Waals surface area contributed by atoms with Gasteiger partial charge in [0.2, 0.25) is 0 Å². The van der Waals surface area contributed by atoms with E-state index in [1.54, 1.807) is 12.2 Å². The van der Waals surface area contributed by atoms with Gasteiger partial charge in [0.15, 0.2) is 0 Å². The number of methoxy groups -OCH3 is 1. The molecule has 15 heavy (non-hydrogen) atoms. The number of carbonyl (C=O) groups is 1. The van der Waals surface area contributed by atoms with Crippen LogP contribution in [0.1, 0.15) is 20.8 Å². The highest BCUT2D eigenvalue weighted by Gasteiger charge is 1.75. The van der Waals surface area contributed by atoms with E-state index in [0.717, 1.165) is 0 Å². The van der Waals surface area contributed by atoms with E-state index in [-0.39, 0.29) is 19.2 Å². The predicted molar refractivity (Wildman–Crippen MR) is 63.6 cm³/mol. The van der Waals surface area contributed by atoms with Crippen molar-refractivity contribution < 1.29 is 19.7 Å². The summed E-state index contributed by atoms with van der Waals surface area (Å²) in [7, 11) is 1.35. The van der Waals surface area contributed by atoms with E-state index < -0.39 is 0 Å². The molecule has 0 aliphatic carbocycles. The molecule has 0 amide bonds. The maximum absolute atomic E-state index is 9.59. The number of hydrogen-bond acceptors (Lipinski definition) is 4. The van der Waals surface area contributed by atoms with Gasteiger partial charge in [-0.2, -0.15) is 0 Å². The Morgan fingerprint density at radius 1 is 1.20 bits per heavy atom. The van der Waals surface area contributed by atoms with E-state index in [1.807, 2.05) is 13.8 Å². The van der Waals surface area contributed by atoms with Crippen molar-refractivity contribution in [1.82, 2.24) is 0 Å². The summed E-state index contributed by atoms with van der Waals surface area (Å²) < 4.78 is 4.11. The monoisotopic (exact) mass is 220 g/mol. The van der Waals surface area contributed by atoms with Crippen LogP contribution in [0.4, 0.5) is 0 Å². The molecule has 0 unspecified atom stereocenters. The Labute approximate surface area is 92.9 Å². The second-order valence-corrected chi connectivity index (χ2v) is 1.96. The molecule has 4 nitrogen and oxygen atoms in total. The third-order valence-electron chi connectivity index (χ3n) is 0.387. The molecule has 2 N–H and O–H groups in total. The minimum atomic E-state index is -0.245. The molecular formula is C11H24O4. The molecule has 0 aromatic carbocycles. The van der Waals surface area contributed by atoms with Gasteiger partial charge >= 0.3 is 5.97 Å². The van der Waals surface area contributed by atoms with E-state index >= 15 is 0 Å². The van der Waals surface area contributed by atoms with Gasteiger partial charge in [-0.05, 0) is 13.8 Å². The number of hydrogen-bond donors (Lipinski definition) is 2. The zero-order valence-electron chi connectivity index (χ0n) is 10.2. The number of aliphatic hydroxyl groups is 2. The van der Waals surface area contributed by atoms with Gasteiger partial charge < -0.3 is 14.9 Å². The molecule has 4 heteroatoms. The van der Waals surface area contributed by atoms with Crippen LogP contribution in [-0.2, 0) is 9.53 Å². The lowest BCUT2D eigenvalue weighted by Crippen LogP contribution is -1.88. The first-order chi connectivity index (χ1) is 7.01. The van der Waals surface area contributed by atoms with Gasteiger partial charge in [0, 0.05) is 6.92 Å². The van der Waals surface area contributed by atoms with E-state index in [4.69, 9.17) is 10.2 Å². The molecule has 0 saturated carbocycles. The molecule has 0 aliphatic rings. The van der Waals surface area contributed by atoms with Crippen LogP contribution in [0, 0.1) is 0 Å². The van der Waals surface area contributed by atoms with Gasteiger partial charge in [-0.3, -0.25) is 4.79 Å². The summed E-state index contributed by atoms with van der Waals surface area (Å²) in [5.41, 5.74) is 0. The molecule has 0 fully saturated rings. The summed E-state index contributed by atoms with van der Waals surface area (Å²) in [6, 6.07) is 0. The zero-order chi connectivity index (χ0) is 13.1. The second-order valence-electron chi connectivity index (χ2n) is 1.96. The fourth-order valence-corrected chi connectivity index (χ4v) is 0. The van der Waals surface area contributed by atoms with Crippen LogP contribution in [0.5, 0.6) is 0 Å². The van der Waals surface area contributed by atoms with Crippen molar-refractivity contribution in [2.24, 2.45) is 0 Å². The minimum Gasteiger partial charge on any atom is -0.469 e. The smallest absolute Gasteiger partial charge is 0.302 e. The summed E-state index contributed by atoms with van der Waals surface area (Å²) in [5, 5.41) is 15.2. The normalized spacial score (nSPS) is 6.00. The van der Waals surface area contributed by atoms with Crippen molar-refractivity contribution in [2.45, 2.75) is 20.8 Å². The fourth-order valence-electron chi connectivity index (χ4n) is 0. The van der Waals surface area contributed by atoms with E-state index in [9.17, 15) is 4.79 Å². The Morgan fingerprint density at radius 2 is 1.33 bits per heavy atom. The number of aliphatic hydroxyl groups excluding tert-OH is 2. The molecule has 0 radical (unpaired) electrons. The van der Waals surface area contributed by atoms with Gasteiger partial charge in [0.1, 0.15) is 0 Å². The number of ether oxygens (including phenoxy) is 1. The minimum absolute atomic E-state index is 0.125. The number of esters is 1. The van der Waals surface area contributed by atoms with Crippen LogP contribution in [-0.4, -0.2) is 36.5 Å². The summed E-state index contributed by atoms with van der Waals surface area (Å²) in [6.07, 6.45) is 3.50. The Morgan fingerprint density at radius 3 is 1.33 bits per heavy atom. The molecule has 0 aromatic heterocycles. The number of rotatable bonds is 1. The van der Waals surface area contributed by atoms with Crippen LogP contribution in [0.2, 0.25) is 0 Å². The number of allylic oxidation sites excluding steroid dienone is 2. The van der Waals surface area contributed by atoms with Crippen molar-refractivity contribution in [2.75, 3.05) is 20.3 Å². The lowest BCUT2D eigenvalue weighted by atomic mass is 10.8. The Balaban J connectivity index is -0.0000000553. The summed E-state index contributed by atoms with van der Waals surface area (Å²) in [6.45, 7) is 11.6. The summed E-state index contributed by atoms with van der Waals surface area (Å²) in [5.74, 6) is -0.245. The van der Waals surface area contributed by atoms with Gasteiger partial charge in [-0.25, -0.2) is 0 Å². The largest absolute Gasteiger partial charge is 0.469 e. The van der Waals surface area contributed by atoms with Crippen LogP contribution in [0.15, 0.2) is 25.3 Å². The Bertz CT molecular complexity index is 114. The summed E-state index contributed by atoms with van der Waals surface area (Å²) >= 11 is 0. The van der Waals surface area contributed by atoms with Crippen LogP contribution >= 0.6 is 0 Å². The molecule has 92 valence electrons. The average molecular weight is 220 g/mol. The quantitative estimate of drug-likeness (QED) is 0.519. The summed E-state index contributed by atoms with van der Waals surface area (Å²) in [4.78, 5) is 9.59. The van der Waals surface area contributed by atoms with Crippen molar-refractivity contribution in [3.63, 3.8) is 0 Å². The highest BCUT2D eigenvalue weighted by molar-refractivity contribution is 5.65. The van der Waals surface area contributed by atoms with Crippen molar-refractivity contribution in [1.29, 1.82) is 0 Å². The third-order valence-corrected chi connectivity index (χ3v) is 0.387. The molecular weight excluding hydrogens is 196 g/mol. The highest BCUT2D eigenvalue weighted by atomic mass is 16.5. The van der Waals surface area contributed by atoms with Crippen molar-refractivity contribution in [3.05, 3.63) is 25.3 Å². The Kier molecular flexibility index (Phi) is 60.4. The maximum atomic E-state index is 9.59. The maximum Gasteiger partial charge on any atom is 0.302 e. The first kappa shape index (κ1) is 23.6. The molecule has 0 saturated heterocycles. The fraction of sp³-hybridized carbons (Fsp3) is 0.545. The standard InChI is InChI=1S/C3H6O2.2C3H6.C2H6O2/c1-3(4)5-2;2*1-3-2;3-1-2-4/h1-2H3;2*3H,1H2,2H3;3-4H,1-2H2. The van der Waals surface area contributed by atoms with Crippen LogP contribution in [0.25, 0.3) is 0 Å². The van der Waals surface area contributed by atoms with Crippen molar-refractivity contribution >= 4 is 5.97 Å².